The van der Waals surface area contributed by atoms with E-state index in [1.165, 1.54) is 12.7 Å². The number of hydrogen-bond donors (Lipinski definition) is 1. The fraction of sp³-hybridized carbons (Fsp3) is 0.393. The van der Waals surface area contributed by atoms with Gasteiger partial charge in [-0.1, -0.05) is 62.4 Å². The number of tetrazole rings is 1. The number of aromatic nitrogens is 6. The lowest BCUT2D eigenvalue weighted by Crippen LogP contribution is -2.45. The summed E-state index contributed by atoms with van der Waals surface area (Å²) in [5.41, 5.74) is 5.47. The number of fused-ring (bicyclic) bond motifs is 1. The molecule has 1 N–H and O–H groups in total. The van der Waals surface area contributed by atoms with Crippen molar-refractivity contribution >= 4 is 11.8 Å². The van der Waals surface area contributed by atoms with Crippen LogP contribution < -0.4 is 4.90 Å². The maximum absolute atomic E-state index is 12.2. The van der Waals surface area contributed by atoms with E-state index in [9.17, 15) is 4.79 Å². The van der Waals surface area contributed by atoms with Gasteiger partial charge >= 0.3 is 5.97 Å². The first-order valence-corrected chi connectivity index (χ1v) is 13.2. The predicted octanol–water partition coefficient (Wildman–Crippen LogP) is 3.89. The number of methoxy groups -OCH3 is 1. The summed E-state index contributed by atoms with van der Waals surface area (Å²) in [6.45, 7) is 7.71. The molecule has 0 spiro atoms. The summed E-state index contributed by atoms with van der Waals surface area (Å²) in [4.78, 5) is 21.6. The first-order valence-electron chi connectivity index (χ1n) is 13.2. The molecule has 5 rings (SSSR count). The zero-order chi connectivity index (χ0) is 26.5. The van der Waals surface area contributed by atoms with Crippen LogP contribution in [0.3, 0.4) is 0 Å². The number of carbonyl (C=O) groups is 1. The second-order valence-electron chi connectivity index (χ2n) is 9.59. The van der Waals surface area contributed by atoms with Crippen molar-refractivity contribution in [1.29, 1.82) is 0 Å². The molecular weight excluding hydrogens is 480 g/mol. The molecule has 4 aromatic rings. The third-order valence-corrected chi connectivity index (χ3v) is 6.87. The van der Waals surface area contributed by atoms with Crippen LogP contribution in [-0.2, 0) is 29.0 Å². The largest absolute Gasteiger partial charge is 0.468 e. The molecular formula is C28H34N8O2. The topological polar surface area (TPSA) is 105 Å². The zero-order valence-electron chi connectivity index (χ0n) is 22.2. The van der Waals surface area contributed by atoms with Crippen LogP contribution in [-0.4, -0.2) is 67.9 Å². The number of rotatable bonds is 10. The van der Waals surface area contributed by atoms with E-state index in [0.717, 1.165) is 72.9 Å². The van der Waals surface area contributed by atoms with Gasteiger partial charge in [0.25, 0.3) is 0 Å². The molecule has 0 saturated carbocycles. The van der Waals surface area contributed by atoms with Crippen molar-refractivity contribution < 1.29 is 9.53 Å². The summed E-state index contributed by atoms with van der Waals surface area (Å²) in [7, 11) is 1.43. The molecule has 0 radical (unpaired) electrons. The van der Waals surface area contributed by atoms with Crippen molar-refractivity contribution in [2.75, 3.05) is 31.8 Å². The van der Waals surface area contributed by atoms with Crippen LogP contribution in [0, 0.1) is 0 Å². The smallest absolute Gasteiger partial charge is 0.325 e. The highest BCUT2D eigenvalue weighted by Gasteiger charge is 2.30. The summed E-state index contributed by atoms with van der Waals surface area (Å²) < 4.78 is 7.32. The summed E-state index contributed by atoms with van der Waals surface area (Å²) in [6.07, 6.45) is 2.92. The monoisotopic (exact) mass is 514 g/mol. The Labute approximate surface area is 222 Å². The quantitative estimate of drug-likeness (QED) is 0.318. The molecule has 0 fully saturated rings. The Morgan fingerprint density at radius 1 is 1.05 bits per heavy atom. The minimum Gasteiger partial charge on any atom is -0.468 e. The van der Waals surface area contributed by atoms with Crippen LogP contribution in [0.1, 0.15) is 43.8 Å². The van der Waals surface area contributed by atoms with Crippen molar-refractivity contribution in [2.24, 2.45) is 0 Å². The van der Waals surface area contributed by atoms with E-state index in [0.29, 0.717) is 12.5 Å². The van der Waals surface area contributed by atoms with Gasteiger partial charge in [0, 0.05) is 25.1 Å². The molecule has 1 aliphatic rings. The number of nitrogens with one attached hydrogen (secondary N) is 1. The Morgan fingerprint density at radius 2 is 1.84 bits per heavy atom. The zero-order valence-corrected chi connectivity index (χ0v) is 22.2. The number of esters is 1. The molecule has 0 atom stereocenters. The van der Waals surface area contributed by atoms with Crippen molar-refractivity contribution in [2.45, 2.75) is 46.2 Å². The number of imidazole rings is 1. The Bertz CT molecular complexity index is 1360. The Balaban J connectivity index is 1.46. The van der Waals surface area contributed by atoms with Gasteiger partial charge in [0.15, 0.2) is 11.6 Å². The van der Waals surface area contributed by atoms with Gasteiger partial charge in [0.1, 0.15) is 12.4 Å². The molecule has 10 heteroatoms. The molecule has 3 heterocycles. The van der Waals surface area contributed by atoms with Gasteiger partial charge in [-0.25, -0.2) is 10.1 Å². The fourth-order valence-corrected chi connectivity index (χ4v) is 5.10. The number of H-pyrrole nitrogens is 1. The molecule has 38 heavy (non-hydrogen) atoms. The molecule has 0 unspecified atom stereocenters. The summed E-state index contributed by atoms with van der Waals surface area (Å²) in [5.74, 6) is 2.35. The number of aryl methyl sites for hydroxylation is 1. The Hall–Kier alpha value is -4.05. The highest BCUT2D eigenvalue weighted by atomic mass is 16.5. The van der Waals surface area contributed by atoms with Gasteiger partial charge < -0.3 is 14.2 Å². The first-order chi connectivity index (χ1) is 18.6. The average molecular weight is 515 g/mol. The van der Waals surface area contributed by atoms with E-state index in [1.807, 2.05) is 23.1 Å². The van der Waals surface area contributed by atoms with Crippen molar-refractivity contribution in [3.05, 3.63) is 65.6 Å². The Morgan fingerprint density at radius 3 is 2.53 bits per heavy atom. The number of carbonyl (C=O) groups excluding carboxylic acids is 1. The lowest BCUT2D eigenvalue weighted by atomic mass is 9.98. The third-order valence-electron chi connectivity index (χ3n) is 6.87. The van der Waals surface area contributed by atoms with E-state index in [2.05, 4.69) is 74.3 Å². The number of nitrogens with zero attached hydrogens (tertiary/aromatic N) is 7. The second-order valence-corrected chi connectivity index (χ2v) is 9.59. The van der Waals surface area contributed by atoms with E-state index in [-0.39, 0.29) is 12.5 Å². The number of aromatic amines is 1. The SMILES string of the molecule is CCCc1nc2c(n1Cc1ccc(-c3ccccc3-c3nnn[nH]3)cc1)CN(CCC)CN2CC(=O)OC. The third kappa shape index (κ3) is 5.31. The minimum atomic E-state index is -0.252. The standard InChI is InChI=1S/C28H34N8O2/c1-4-8-25-29-28-24(17-34(15-5-2)19-35(28)18-26(37)38-3)36(25)16-20-11-13-21(14-12-20)22-9-6-7-10-23(22)27-30-32-33-31-27/h6-7,9-14H,4-5,8,15-19H2,1-3H3,(H,30,31,32,33). The van der Waals surface area contributed by atoms with Crippen LogP contribution in [0.5, 0.6) is 0 Å². The molecule has 198 valence electrons. The van der Waals surface area contributed by atoms with Gasteiger partial charge in [-0.2, -0.15) is 0 Å². The molecule has 0 saturated heterocycles. The molecule has 1 aliphatic heterocycles. The number of hydrogen-bond acceptors (Lipinski definition) is 8. The normalized spacial score (nSPS) is 13.5. The van der Waals surface area contributed by atoms with Crippen LogP contribution in [0.25, 0.3) is 22.5 Å². The van der Waals surface area contributed by atoms with E-state index < -0.39 is 0 Å². The first kappa shape index (κ1) is 25.6. The highest BCUT2D eigenvalue weighted by molar-refractivity contribution is 5.80. The average Bonchev–Trinajstić information content (AvgIpc) is 3.59. The van der Waals surface area contributed by atoms with E-state index in [4.69, 9.17) is 9.72 Å². The second kappa shape index (κ2) is 11.6. The fourth-order valence-electron chi connectivity index (χ4n) is 5.10. The number of ether oxygens (including phenoxy) is 1. The summed E-state index contributed by atoms with van der Waals surface area (Å²) in [5, 5.41) is 14.4. The maximum atomic E-state index is 12.2. The summed E-state index contributed by atoms with van der Waals surface area (Å²) >= 11 is 0. The molecule has 10 nitrogen and oxygen atoms in total. The predicted molar refractivity (Wildman–Crippen MR) is 145 cm³/mol. The molecule has 2 aromatic heterocycles. The van der Waals surface area contributed by atoms with Gasteiger partial charge in [0.2, 0.25) is 0 Å². The maximum Gasteiger partial charge on any atom is 0.325 e. The van der Waals surface area contributed by atoms with Gasteiger partial charge in [-0.3, -0.25) is 9.69 Å². The lowest BCUT2D eigenvalue weighted by Gasteiger charge is -2.35. The van der Waals surface area contributed by atoms with Crippen LogP contribution in [0.2, 0.25) is 0 Å². The molecule has 0 aliphatic carbocycles. The minimum absolute atomic E-state index is 0.196. The highest BCUT2D eigenvalue weighted by Crippen LogP contribution is 2.32. The van der Waals surface area contributed by atoms with E-state index in [1.54, 1.807) is 0 Å². The number of anilines is 1. The van der Waals surface area contributed by atoms with Gasteiger partial charge in [-0.15, -0.1) is 5.10 Å². The van der Waals surface area contributed by atoms with Gasteiger partial charge in [0.05, 0.1) is 19.5 Å². The summed E-state index contributed by atoms with van der Waals surface area (Å²) in [6, 6.07) is 16.7. The number of benzene rings is 2. The van der Waals surface area contributed by atoms with Gasteiger partial charge in [-0.05, 0) is 46.5 Å². The lowest BCUT2D eigenvalue weighted by molar-refractivity contribution is -0.139. The van der Waals surface area contributed by atoms with Crippen LogP contribution in [0.15, 0.2) is 48.5 Å². The Kier molecular flexibility index (Phi) is 7.78. The van der Waals surface area contributed by atoms with Crippen LogP contribution in [0.4, 0.5) is 5.82 Å². The van der Waals surface area contributed by atoms with Crippen LogP contribution >= 0.6 is 0 Å². The van der Waals surface area contributed by atoms with Crippen molar-refractivity contribution in [3.8, 4) is 22.5 Å². The molecule has 0 bridgehead atoms. The van der Waals surface area contributed by atoms with Crippen molar-refractivity contribution in [3.63, 3.8) is 0 Å². The molecule has 0 amide bonds. The van der Waals surface area contributed by atoms with E-state index >= 15 is 0 Å². The van der Waals surface area contributed by atoms with Crippen molar-refractivity contribution in [1.82, 2.24) is 35.1 Å². The molecule has 2 aromatic carbocycles.